The van der Waals surface area contributed by atoms with Crippen LogP contribution in [0.5, 0.6) is 0 Å². The Bertz CT molecular complexity index is 219. The first-order valence-electron chi connectivity index (χ1n) is 6.24. The second kappa shape index (κ2) is 6.86. The molecule has 2 atom stereocenters. The van der Waals surface area contributed by atoms with Gasteiger partial charge in [-0.3, -0.25) is 4.79 Å². The lowest BCUT2D eigenvalue weighted by molar-refractivity contribution is -0.125. The molecule has 0 aromatic heterocycles. The standard InChI is InChI=1S/C12H24N2O2/c1-4-13-11-8-16-7-10(11)12(15)14-6-5-9(2)3/h9-11,13H,4-8H2,1-3H3,(H,14,15). The highest BCUT2D eigenvalue weighted by Gasteiger charge is 2.33. The van der Waals surface area contributed by atoms with Gasteiger partial charge in [-0.25, -0.2) is 0 Å². The van der Waals surface area contributed by atoms with Crippen molar-refractivity contribution in [1.82, 2.24) is 10.6 Å². The highest BCUT2D eigenvalue weighted by Crippen LogP contribution is 2.13. The minimum atomic E-state index is -0.0212. The van der Waals surface area contributed by atoms with Crippen molar-refractivity contribution < 1.29 is 9.53 Å². The first-order valence-corrected chi connectivity index (χ1v) is 6.24. The summed E-state index contributed by atoms with van der Waals surface area (Å²) in [5, 5.41) is 6.27. The minimum Gasteiger partial charge on any atom is -0.379 e. The third kappa shape index (κ3) is 4.10. The normalized spacial score (nSPS) is 25.0. The van der Waals surface area contributed by atoms with Crippen molar-refractivity contribution in [2.24, 2.45) is 11.8 Å². The van der Waals surface area contributed by atoms with Gasteiger partial charge in [0, 0.05) is 12.6 Å². The fraction of sp³-hybridized carbons (Fsp3) is 0.917. The Morgan fingerprint density at radius 1 is 1.44 bits per heavy atom. The molecule has 2 N–H and O–H groups in total. The summed E-state index contributed by atoms with van der Waals surface area (Å²) in [6.45, 7) is 9.21. The van der Waals surface area contributed by atoms with Crippen LogP contribution in [-0.4, -0.2) is 38.3 Å². The highest BCUT2D eigenvalue weighted by molar-refractivity contribution is 5.79. The molecule has 94 valence electrons. The van der Waals surface area contributed by atoms with Crippen LogP contribution in [0.15, 0.2) is 0 Å². The quantitative estimate of drug-likeness (QED) is 0.706. The lowest BCUT2D eigenvalue weighted by Gasteiger charge is -2.18. The predicted octanol–water partition coefficient (Wildman–Crippen LogP) is 0.773. The van der Waals surface area contributed by atoms with Gasteiger partial charge < -0.3 is 15.4 Å². The minimum absolute atomic E-state index is 0.0212. The van der Waals surface area contributed by atoms with Gasteiger partial charge in [0.2, 0.25) is 5.91 Å². The lowest BCUT2D eigenvalue weighted by atomic mass is 10.0. The van der Waals surface area contributed by atoms with Crippen molar-refractivity contribution in [2.45, 2.75) is 33.2 Å². The summed E-state index contributed by atoms with van der Waals surface area (Å²) in [7, 11) is 0. The van der Waals surface area contributed by atoms with Gasteiger partial charge in [-0.2, -0.15) is 0 Å². The van der Waals surface area contributed by atoms with Crippen LogP contribution in [0.3, 0.4) is 0 Å². The van der Waals surface area contributed by atoms with Crippen LogP contribution in [0.2, 0.25) is 0 Å². The van der Waals surface area contributed by atoms with E-state index in [2.05, 4.69) is 24.5 Å². The molecule has 0 aliphatic carbocycles. The van der Waals surface area contributed by atoms with Gasteiger partial charge in [-0.05, 0) is 18.9 Å². The number of hydrogen-bond donors (Lipinski definition) is 2. The average Bonchev–Trinajstić information content (AvgIpc) is 2.66. The second-order valence-corrected chi connectivity index (χ2v) is 4.78. The Labute approximate surface area is 98.1 Å². The number of hydrogen-bond acceptors (Lipinski definition) is 3. The molecule has 1 heterocycles. The van der Waals surface area contributed by atoms with Crippen molar-refractivity contribution >= 4 is 5.91 Å². The third-order valence-electron chi connectivity index (χ3n) is 2.90. The number of amides is 1. The lowest BCUT2D eigenvalue weighted by Crippen LogP contribution is -2.44. The van der Waals surface area contributed by atoms with E-state index in [0.717, 1.165) is 19.5 Å². The third-order valence-corrected chi connectivity index (χ3v) is 2.90. The van der Waals surface area contributed by atoms with Crippen molar-refractivity contribution in [3.05, 3.63) is 0 Å². The molecule has 16 heavy (non-hydrogen) atoms. The predicted molar refractivity (Wildman–Crippen MR) is 64.2 cm³/mol. The summed E-state index contributed by atoms with van der Waals surface area (Å²) in [4.78, 5) is 11.9. The van der Waals surface area contributed by atoms with Gasteiger partial charge in [-0.15, -0.1) is 0 Å². The Hall–Kier alpha value is -0.610. The molecule has 1 rings (SSSR count). The van der Waals surface area contributed by atoms with Crippen LogP contribution in [0.25, 0.3) is 0 Å². The second-order valence-electron chi connectivity index (χ2n) is 4.78. The zero-order valence-corrected chi connectivity index (χ0v) is 10.6. The van der Waals surface area contributed by atoms with Gasteiger partial charge in [-0.1, -0.05) is 20.8 Å². The maximum atomic E-state index is 11.9. The zero-order chi connectivity index (χ0) is 12.0. The molecule has 0 spiro atoms. The van der Waals surface area contributed by atoms with E-state index in [9.17, 15) is 4.79 Å². The molecule has 1 fully saturated rings. The van der Waals surface area contributed by atoms with Gasteiger partial charge in [0.1, 0.15) is 0 Å². The number of carbonyl (C=O) groups excluding carboxylic acids is 1. The van der Waals surface area contributed by atoms with E-state index in [-0.39, 0.29) is 17.9 Å². The van der Waals surface area contributed by atoms with E-state index in [4.69, 9.17) is 4.74 Å². The topological polar surface area (TPSA) is 50.4 Å². The van der Waals surface area contributed by atoms with E-state index in [1.165, 1.54) is 0 Å². The summed E-state index contributed by atoms with van der Waals surface area (Å²) in [5.74, 6) is 0.737. The van der Waals surface area contributed by atoms with Crippen LogP contribution in [0.4, 0.5) is 0 Å². The first kappa shape index (κ1) is 13.5. The van der Waals surface area contributed by atoms with E-state index >= 15 is 0 Å². The summed E-state index contributed by atoms with van der Waals surface area (Å²) in [6.07, 6.45) is 1.03. The molecular weight excluding hydrogens is 204 g/mol. The smallest absolute Gasteiger partial charge is 0.227 e. The molecular formula is C12H24N2O2. The van der Waals surface area contributed by atoms with Crippen LogP contribution in [-0.2, 0) is 9.53 Å². The van der Waals surface area contributed by atoms with E-state index in [0.29, 0.717) is 19.1 Å². The van der Waals surface area contributed by atoms with Gasteiger partial charge in [0.25, 0.3) is 0 Å². The van der Waals surface area contributed by atoms with Crippen LogP contribution < -0.4 is 10.6 Å². The Kier molecular flexibility index (Phi) is 5.77. The van der Waals surface area contributed by atoms with Crippen LogP contribution in [0, 0.1) is 11.8 Å². The van der Waals surface area contributed by atoms with Crippen LogP contribution in [0.1, 0.15) is 27.2 Å². The van der Waals surface area contributed by atoms with Crippen LogP contribution >= 0.6 is 0 Å². The van der Waals surface area contributed by atoms with Gasteiger partial charge >= 0.3 is 0 Å². The van der Waals surface area contributed by atoms with Gasteiger partial charge in [0.05, 0.1) is 19.1 Å². The van der Waals surface area contributed by atoms with Crippen molar-refractivity contribution in [1.29, 1.82) is 0 Å². The first-order chi connectivity index (χ1) is 7.65. The number of ether oxygens (including phenoxy) is 1. The molecule has 1 aliphatic rings. The number of rotatable bonds is 6. The Morgan fingerprint density at radius 3 is 2.81 bits per heavy atom. The molecule has 1 aliphatic heterocycles. The van der Waals surface area contributed by atoms with Gasteiger partial charge in [0.15, 0.2) is 0 Å². The largest absolute Gasteiger partial charge is 0.379 e. The maximum absolute atomic E-state index is 11.9. The van der Waals surface area contributed by atoms with E-state index in [1.807, 2.05) is 6.92 Å². The molecule has 1 amide bonds. The monoisotopic (exact) mass is 228 g/mol. The summed E-state index contributed by atoms with van der Waals surface area (Å²) in [5.41, 5.74) is 0. The molecule has 1 saturated heterocycles. The zero-order valence-electron chi connectivity index (χ0n) is 10.6. The SMILES string of the molecule is CCNC1COCC1C(=O)NCCC(C)C. The average molecular weight is 228 g/mol. The Morgan fingerprint density at radius 2 is 2.19 bits per heavy atom. The molecule has 4 heteroatoms. The van der Waals surface area contributed by atoms with Crippen molar-refractivity contribution in [3.63, 3.8) is 0 Å². The number of nitrogens with one attached hydrogen (secondary N) is 2. The molecule has 0 saturated carbocycles. The molecule has 0 radical (unpaired) electrons. The van der Waals surface area contributed by atoms with E-state index in [1.54, 1.807) is 0 Å². The molecule has 4 nitrogen and oxygen atoms in total. The molecule has 0 bridgehead atoms. The Balaban J connectivity index is 2.29. The van der Waals surface area contributed by atoms with E-state index < -0.39 is 0 Å². The highest BCUT2D eigenvalue weighted by atomic mass is 16.5. The maximum Gasteiger partial charge on any atom is 0.227 e. The number of carbonyl (C=O) groups is 1. The number of likely N-dealkylation sites (N-methyl/N-ethyl adjacent to an activating group) is 1. The summed E-state index contributed by atoms with van der Waals surface area (Å²) >= 11 is 0. The van der Waals surface area contributed by atoms with Crippen molar-refractivity contribution in [2.75, 3.05) is 26.3 Å². The summed E-state index contributed by atoms with van der Waals surface area (Å²) < 4.78 is 5.35. The molecule has 0 aromatic carbocycles. The van der Waals surface area contributed by atoms with Crippen molar-refractivity contribution in [3.8, 4) is 0 Å². The molecule has 2 unspecified atom stereocenters. The fourth-order valence-corrected chi connectivity index (χ4v) is 1.89. The summed E-state index contributed by atoms with van der Waals surface area (Å²) in [6, 6.07) is 0.184. The molecule has 0 aromatic rings. The fourth-order valence-electron chi connectivity index (χ4n) is 1.89.